The predicted molar refractivity (Wildman–Crippen MR) is 106 cm³/mol. The first-order chi connectivity index (χ1) is 13.2. The van der Waals surface area contributed by atoms with Gasteiger partial charge in [-0.05, 0) is 54.7 Å². The molecular weight excluding hydrogens is 382 g/mol. The van der Waals surface area contributed by atoms with Crippen LogP contribution in [0.5, 0.6) is 0 Å². The number of carbonyl (C=O) groups is 2. The van der Waals surface area contributed by atoms with Crippen molar-refractivity contribution in [1.29, 1.82) is 0 Å². The zero-order valence-corrected chi connectivity index (χ0v) is 16.1. The number of rotatable bonds is 6. The minimum absolute atomic E-state index is 0.178. The van der Waals surface area contributed by atoms with Gasteiger partial charge in [0.1, 0.15) is 11.0 Å². The molecule has 0 unspecified atom stereocenters. The van der Waals surface area contributed by atoms with E-state index in [1.165, 1.54) is 29.3 Å². The Hall–Kier alpha value is -2.45. The van der Waals surface area contributed by atoms with Crippen LogP contribution in [0.15, 0.2) is 41.3 Å². The minimum atomic E-state index is -0.413. The van der Waals surface area contributed by atoms with Crippen LogP contribution in [0.1, 0.15) is 17.5 Å². The zero-order valence-electron chi connectivity index (χ0n) is 14.4. The Balaban J connectivity index is 1.25. The summed E-state index contributed by atoms with van der Waals surface area (Å²) in [5.74, 6) is -0.631. The molecule has 2 aromatic carbocycles. The lowest BCUT2D eigenvalue weighted by Crippen LogP contribution is -2.21. The molecule has 6 nitrogen and oxygen atoms in total. The standard InChI is InChI=1S/C19H17N3O3S2/c23-17(20-15-5-2-6-16-19(15)22-27-21-16)10-25-18(24)11-26-14-8-7-12-3-1-4-13(12)9-14/h2,5-9H,1,3-4,10-11H2,(H,20,23). The Morgan fingerprint density at radius 1 is 1.15 bits per heavy atom. The van der Waals surface area contributed by atoms with Gasteiger partial charge in [0, 0.05) is 4.90 Å². The Bertz CT molecular complexity index is 1000. The van der Waals surface area contributed by atoms with E-state index in [9.17, 15) is 9.59 Å². The molecular formula is C19H17N3O3S2. The second-order valence-electron chi connectivity index (χ2n) is 6.22. The highest BCUT2D eigenvalue weighted by Gasteiger charge is 2.13. The van der Waals surface area contributed by atoms with Crippen molar-refractivity contribution < 1.29 is 14.3 Å². The van der Waals surface area contributed by atoms with Crippen molar-refractivity contribution >= 4 is 52.1 Å². The molecule has 0 bridgehead atoms. The molecule has 4 rings (SSSR count). The summed E-state index contributed by atoms with van der Waals surface area (Å²) in [5.41, 5.74) is 4.70. The number of hydrogen-bond acceptors (Lipinski definition) is 7. The third kappa shape index (κ3) is 4.28. The van der Waals surface area contributed by atoms with Crippen molar-refractivity contribution in [1.82, 2.24) is 8.75 Å². The first kappa shape index (κ1) is 17.9. The number of nitrogens with one attached hydrogen (secondary N) is 1. The molecule has 0 atom stereocenters. The molecule has 0 fully saturated rings. The van der Waals surface area contributed by atoms with Gasteiger partial charge in [-0.1, -0.05) is 12.1 Å². The number of ether oxygens (including phenoxy) is 1. The molecule has 1 aromatic heterocycles. The van der Waals surface area contributed by atoms with E-state index in [0.717, 1.165) is 35.0 Å². The monoisotopic (exact) mass is 399 g/mol. The van der Waals surface area contributed by atoms with Crippen LogP contribution in [0.25, 0.3) is 11.0 Å². The second-order valence-corrected chi connectivity index (χ2v) is 7.80. The summed E-state index contributed by atoms with van der Waals surface area (Å²) < 4.78 is 13.4. The summed E-state index contributed by atoms with van der Waals surface area (Å²) in [6, 6.07) is 11.7. The lowest BCUT2D eigenvalue weighted by Gasteiger charge is -2.07. The van der Waals surface area contributed by atoms with Gasteiger partial charge >= 0.3 is 5.97 Å². The molecule has 1 N–H and O–H groups in total. The Morgan fingerprint density at radius 3 is 2.96 bits per heavy atom. The van der Waals surface area contributed by atoms with Gasteiger partial charge in [0.2, 0.25) is 0 Å². The average molecular weight is 399 g/mol. The van der Waals surface area contributed by atoms with Crippen molar-refractivity contribution in [3.8, 4) is 0 Å². The zero-order chi connectivity index (χ0) is 18.6. The highest BCUT2D eigenvalue weighted by molar-refractivity contribution is 8.00. The van der Waals surface area contributed by atoms with E-state index in [1.54, 1.807) is 12.1 Å². The van der Waals surface area contributed by atoms with E-state index in [1.807, 2.05) is 12.1 Å². The molecule has 0 saturated heterocycles. The van der Waals surface area contributed by atoms with Crippen LogP contribution in [0, 0.1) is 0 Å². The molecule has 1 aliphatic carbocycles. The number of aromatic nitrogens is 2. The number of amides is 1. The van der Waals surface area contributed by atoms with Gasteiger partial charge in [-0.25, -0.2) is 0 Å². The van der Waals surface area contributed by atoms with Gasteiger partial charge in [-0.15, -0.1) is 11.8 Å². The highest BCUT2D eigenvalue weighted by Crippen LogP contribution is 2.27. The van der Waals surface area contributed by atoms with Crippen LogP contribution in [0.2, 0.25) is 0 Å². The number of fused-ring (bicyclic) bond motifs is 2. The first-order valence-corrected chi connectivity index (χ1v) is 10.3. The van der Waals surface area contributed by atoms with E-state index in [-0.39, 0.29) is 12.4 Å². The molecule has 0 aliphatic heterocycles. The molecule has 27 heavy (non-hydrogen) atoms. The maximum Gasteiger partial charge on any atom is 0.316 e. The fourth-order valence-corrected chi connectivity index (χ4v) is 4.37. The van der Waals surface area contributed by atoms with Crippen molar-refractivity contribution in [2.45, 2.75) is 24.2 Å². The molecule has 3 aromatic rings. The van der Waals surface area contributed by atoms with Gasteiger partial charge < -0.3 is 10.1 Å². The lowest BCUT2D eigenvalue weighted by atomic mass is 10.1. The first-order valence-electron chi connectivity index (χ1n) is 8.60. The molecule has 1 amide bonds. The number of carbonyl (C=O) groups excluding carboxylic acids is 2. The summed E-state index contributed by atoms with van der Waals surface area (Å²) in [6.45, 7) is -0.322. The number of nitrogens with zero attached hydrogens (tertiary/aromatic N) is 2. The van der Waals surface area contributed by atoms with Crippen LogP contribution in [-0.2, 0) is 27.2 Å². The van der Waals surface area contributed by atoms with E-state index in [4.69, 9.17) is 4.74 Å². The summed E-state index contributed by atoms with van der Waals surface area (Å²) in [4.78, 5) is 25.0. The number of thioether (sulfide) groups is 1. The number of esters is 1. The van der Waals surface area contributed by atoms with Crippen molar-refractivity contribution in [3.05, 3.63) is 47.5 Å². The molecule has 1 aliphatic rings. The fourth-order valence-electron chi connectivity index (χ4n) is 3.06. The normalized spacial score (nSPS) is 12.7. The predicted octanol–water partition coefficient (Wildman–Crippen LogP) is 3.45. The van der Waals surface area contributed by atoms with Gasteiger partial charge in [-0.2, -0.15) is 8.75 Å². The van der Waals surface area contributed by atoms with E-state index in [2.05, 4.69) is 26.2 Å². The summed E-state index contributed by atoms with van der Waals surface area (Å²) >= 11 is 2.51. The molecule has 0 spiro atoms. The van der Waals surface area contributed by atoms with Crippen LogP contribution < -0.4 is 5.32 Å². The van der Waals surface area contributed by atoms with Gasteiger partial charge in [-0.3, -0.25) is 9.59 Å². The largest absolute Gasteiger partial charge is 0.455 e. The average Bonchev–Trinajstić information content (AvgIpc) is 3.33. The van der Waals surface area contributed by atoms with Crippen LogP contribution in [0.3, 0.4) is 0 Å². The third-order valence-corrected chi connectivity index (χ3v) is 5.86. The van der Waals surface area contributed by atoms with E-state index >= 15 is 0 Å². The Morgan fingerprint density at radius 2 is 2.04 bits per heavy atom. The molecule has 138 valence electrons. The van der Waals surface area contributed by atoms with Gasteiger partial charge in [0.25, 0.3) is 5.91 Å². The fraction of sp³-hybridized carbons (Fsp3) is 0.263. The summed E-state index contributed by atoms with van der Waals surface area (Å²) in [6.07, 6.45) is 3.45. The number of benzene rings is 2. The number of aryl methyl sites for hydroxylation is 2. The molecule has 0 radical (unpaired) electrons. The van der Waals surface area contributed by atoms with Crippen LogP contribution in [-0.4, -0.2) is 33.0 Å². The van der Waals surface area contributed by atoms with Gasteiger partial charge in [0.05, 0.1) is 23.2 Å². The maximum absolute atomic E-state index is 12.0. The van der Waals surface area contributed by atoms with E-state index < -0.39 is 11.9 Å². The van der Waals surface area contributed by atoms with Crippen molar-refractivity contribution in [3.63, 3.8) is 0 Å². The third-order valence-electron chi connectivity index (χ3n) is 4.35. The topological polar surface area (TPSA) is 81.2 Å². The van der Waals surface area contributed by atoms with Crippen molar-refractivity contribution in [2.75, 3.05) is 17.7 Å². The molecule has 0 saturated carbocycles. The SMILES string of the molecule is O=C(COC(=O)CSc1ccc2c(c1)CCC2)Nc1cccc2nsnc12. The lowest BCUT2D eigenvalue weighted by molar-refractivity contribution is -0.144. The molecule has 8 heteroatoms. The molecule has 1 heterocycles. The van der Waals surface area contributed by atoms with Crippen LogP contribution in [0.4, 0.5) is 5.69 Å². The number of anilines is 1. The minimum Gasteiger partial charge on any atom is -0.455 e. The van der Waals surface area contributed by atoms with Crippen molar-refractivity contribution in [2.24, 2.45) is 0 Å². The smallest absolute Gasteiger partial charge is 0.316 e. The summed E-state index contributed by atoms with van der Waals surface area (Å²) in [5, 5.41) is 2.71. The van der Waals surface area contributed by atoms with Crippen LogP contribution >= 0.6 is 23.5 Å². The Kier molecular flexibility index (Phi) is 5.35. The summed E-state index contributed by atoms with van der Waals surface area (Å²) in [7, 11) is 0. The Labute approximate surface area is 164 Å². The number of hydrogen-bond donors (Lipinski definition) is 1. The highest BCUT2D eigenvalue weighted by atomic mass is 32.2. The quantitative estimate of drug-likeness (QED) is 0.505. The maximum atomic E-state index is 12.0. The van der Waals surface area contributed by atoms with E-state index in [0.29, 0.717) is 11.2 Å². The van der Waals surface area contributed by atoms with Gasteiger partial charge in [0.15, 0.2) is 6.61 Å². The second kappa shape index (κ2) is 8.06.